The van der Waals surface area contributed by atoms with E-state index in [1.54, 1.807) is 24.3 Å². The molecule has 1 aliphatic heterocycles. The van der Waals surface area contributed by atoms with E-state index in [1.807, 2.05) is 13.0 Å². The molecule has 176 valence electrons. The number of hydrogen-bond donors (Lipinski definition) is 2. The van der Waals surface area contributed by atoms with Crippen LogP contribution < -0.4 is 10.6 Å². The van der Waals surface area contributed by atoms with E-state index in [0.717, 1.165) is 5.56 Å². The Bertz CT molecular complexity index is 1170. The molecule has 0 aromatic heterocycles. The number of benzene rings is 2. The number of rotatable bonds is 6. The number of nitrogens with zero attached hydrogens (tertiary/aromatic N) is 1. The molecule has 2 aromatic carbocycles. The average molecular weight is 474 g/mol. The zero-order valence-electron chi connectivity index (χ0n) is 18.8. The van der Waals surface area contributed by atoms with Crippen LogP contribution in [0.3, 0.4) is 0 Å². The van der Waals surface area contributed by atoms with Crippen molar-refractivity contribution in [2.75, 3.05) is 30.8 Å². The molecule has 33 heavy (non-hydrogen) atoms. The maximum Gasteiger partial charge on any atom is 0.339 e. The van der Waals surface area contributed by atoms with E-state index in [0.29, 0.717) is 24.2 Å². The van der Waals surface area contributed by atoms with Gasteiger partial charge in [-0.25, -0.2) is 13.2 Å². The smallest absolute Gasteiger partial charge is 0.339 e. The molecule has 2 aromatic rings. The summed E-state index contributed by atoms with van der Waals surface area (Å²) in [5, 5.41) is 5.55. The molecule has 10 heteroatoms. The number of hydrogen-bond acceptors (Lipinski definition) is 6. The monoisotopic (exact) mass is 473 g/mol. The van der Waals surface area contributed by atoms with Gasteiger partial charge in [0.2, 0.25) is 21.8 Å². The Labute approximate surface area is 193 Å². The van der Waals surface area contributed by atoms with Crippen molar-refractivity contribution in [1.29, 1.82) is 0 Å². The third-order valence-electron chi connectivity index (χ3n) is 5.48. The lowest BCUT2D eigenvalue weighted by molar-refractivity contribution is -0.121. The summed E-state index contributed by atoms with van der Waals surface area (Å²) in [6.07, 6.45) is 0.652. The van der Waals surface area contributed by atoms with Gasteiger partial charge in [0.05, 0.1) is 28.9 Å². The van der Waals surface area contributed by atoms with Gasteiger partial charge in [-0.2, -0.15) is 4.31 Å². The van der Waals surface area contributed by atoms with E-state index in [2.05, 4.69) is 10.6 Å². The van der Waals surface area contributed by atoms with E-state index in [9.17, 15) is 22.8 Å². The normalized spacial score (nSPS) is 15.0. The largest absolute Gasteiger partial charge is 0.465 e. The van der Waals surface area contributed by atoms with Gasteiger partial charge < -0.3 is 15.4 Å². The SMILES string of the molecule is COC(=O)c1ccccc1S(=O)(=O)N1CCC(C(=O)Nc2cc(C)ccc2NC(C)=O)CC1. The molecule has 2 amide bonds. The van der Waals surface area contributed by atoms with Crippen molar-refractivity contribution in [1.82, 2.24) is 4.31 Å². The van der Waals surface area contributed by atoms with Crippen LogP contribution in [0.15, 0.2) is 47.4 Å². The van der Waals surface area contributed by atoms with Gasteiger partial charge in [-0.3, -0.25) is 9.59 Å². The van der Waals surface area contributed by atoms with Gasteiger partial charge in [-0.1, -0.05) is 18.2 Å². The maximum absolute atomic E-state index is 13.2. The molecule has 0 radical (unpaired) electrons. The molecule has 1 fully saturated rings. The maximum atomic E-state index is 13.2. The number of carbonyl (C=O) groups excluding carboxylic acids is 3. The van der Waals surface area contributed by atoms with Crippen molar-refractivity contribution in [3.05, 3.63) is 53.6 Å². The van der Waals surface area contributed by atoms with Gasteiger partial charge >= 0.3 is 5.97 Å². The number of ether oxygens (including phenoxy) is 1. The highest BCUT2D eigenvalue weighted by molar-refractivity contribution is 7.89. The molecule has 1 saturated heterocycles. The molecule has 0 saturated carbocycles. The highest BCUT2D eigenvalue weighted by Crippen LogP contribution is 2.29. The van der Waals surface area contributed by atoms with Crippen LogP contribution in [0.1, 0.15) is 35.7 Å². The first-order chi connectivity index (χ1) is 15.6. The number of anilines is 2. The second-order valence-corrected chi connectivity index (χ2v) is 9.79. The fraction of sp³-hybridized carbons (Fsp3) is 0.348. The number of methoxy groups -OCH3 is 1. The summed E-state index contributed by atoms with van der Waals surface area (Å²) in [7, 11) is -2.73. The number of aryl methyl sites for hydroxylation is 1. The quantitative estimate of drug-likeness (QED) is 0.622. The van der Waals surface area contributed by atoms with Gasteiger partial charge in [-0.15, -0.1) is 0 Å². The Morgan fingerprint density at radius 1 is 1.00 bits per heavy atom. The van der Waals surface area contributed by atoms with Gasteiger partial charge in [0.1, 0.15) is 0 Å². The van der Waals surface area contributed by atoms with Crippen molar-refractivity contribution >= 4 is 39.2 Å². The zero-order valence-corrected chi connectivity index (χ0v) is 19.6. The van der Waals surface area contributed by atoms with E-state index >= 15 is 0 Å². The van der Waals surface area contributed by atoms with Crippen LogP contribution in [0, 0.1) is 12.8 Å². The molecule has 1 heterocycles. The first-order valence-electron chi connectivity index (χ1n) is 10.5. The van der Waals surface area contributed by atoms with Gasteiger partial charge in [0.15, 0.2) is 0 Å². The topological polar surface area (TPSA) is 122 Å². The number of carbonyl (C=O) groups is 3. The highest BCUT2D eigenvalue weighted by atomic mass is 32.2. The summed E-state index contributed by atoms with van der Waals surface area (Å²) < 4.78 is 32.3. The van der Waals surface area contributed by atoms with Gasteiger partial charge in [0.25, 0.3) is 0 Å². The minimum absolute atomic E-state index is 0.0233. The summed E-state index contributed by atoms with van der Waals surface area (Å²) in [5.41, 5.74) is 1.90. The first kappa shape index (κ1) is 24.4. The minimum Gasteiger partial charge on any atom is -0.465 e. The molecule has 0 aliphatic carbocycles. The molecule has 0 bridgehead atoms. The zero-order chi connectivity index (χ0) is 24.2. The van der Waals surface area contributed by atoms with Crippen molar-refractivity contribution < 1.29 is 27.5 Å². The van der Waals surface area contributed by atoms with Crippen LogP contribution in [-0.2, 0) is 24.3 Å². The first-order valence-corrected chi connectivity index (χ1v) is 11.9. The Morgan fingerprint density at radius 3 is 2.30 bits per heavy atom. The second-order valence-electron chi connectivity index (χ2n) is 7.89. The van der Waals surface area contributed by atoms with E-state index < -0.39 is 21.9 Å². The van der Waals surface area contributed by atoms with Crippen LogP contribution in [-0.4, -0.2) is 50.7 Å². The third-order valence-corrected chi connectivity index (χ3v) is 7.44. The van der Waals surface area contributed by atoms with E-state index in [4.69, 9.17) is 4.74 Å². The Hall–Kier alpha value is -3.24. The molecule has 0 spiro atoms. The van der Waals surface area contributed by atoms with Crippen LogP contribution in [0.4, 0.5) is 11.4 Å². The standard InChI is InChI=1S/C23H27N3O6S/c1-15-8-9-19(24-16(2)27)20(14-15)25-22(28)17-10-12-26(13-11-17)33(30,31)21-7-5-4-6-18(21)23(29)32-3/h4-9,14,17H,10-13H2,1-3H3,(H,24,27)(H,25,28). The van der Waals surface area contributed by atoms with Crippen LogP contribution in [0.5, 0.6) is 0 Å². The minimum atomic E-state index is -3.93. The number of esters is 1. The second kappa shape index (κ2) is 10.1. The number of nitrogens with one attached hydrogen (secondary N) is 2. The summed E-state index contributed by atoms with van der Waals surface area (Å²) >= 11 is 0. The molecule has 9 nitrogen and oxygen atoms in total. The van der Waals surface area contributed by atoms with Gasteiger partial charge in [-0.05, 0) is 49.6 Å². The van der Waals surface area contributed by atoms with Gasteiger partial charge in [0, 0.05) is 25.9 Å². The van der Waals surface area contributed by atoms with E-state index in [-0.39, 0.29) is 35.4 Å². The van der Waals surface area contributed by atoms with E-state index in [1.165, 1.54) is 30.5 Å². The highest BCUT2D eigenvalue weighted by Gasteiger charge is 2.34. The molecular formula is C23H27N3O6S. The molecule has 1 aliphatic rings. The van der Waals surface area contributed by atoms with Crippen LogP contribution in [0.25, 0.3) is 0 Å². The molecular weight excluding hydrogens is 446 g/mol. The third kappa shape index (κ3) is 5.58. The summed E-state index contributed by atoms with van der Waals surface area (Å²) in [5.74, 6) is -1.60. The van der Waals surface area contributed by atoms with Crippen molar-refractivity contribution in [3.63, 3.8) is 0 Å². The average Bonchev–Trinajstić information content (AvgIpc) is 2.80. The Kier molecular flexibility index (Phi) is 7.50. The Morgan fingerprint density at radius 2 is 1.67 bits per heavy atom. The summed E-state index contributed by atoms with van der Waals surface area (Å²) in [6.45, 7) is 3.55. The van der Waals surface area contributed by atoms with Crippen molar-refractivity contribution in [3.8, 4) is 0 Å². The van der Waals surface area contributed by atoms with Crippen LogP contribution >= 0.6 is 0 Å². The molecule has 3 rings (SSSR count). The number of sulfonamides is 1. The fourth-order valence-electron chi connectivity index (χ4n) is 3.76. The predicted octanol–water partition coefficient (Wildman–Crippen LogP) is 2.78. The molecule has 0 unspecified atom stereocenters. The Balaban J connectivity index is 1.71. The van der Waals surface area contributed by atoms with Crippen LogP contribution in [0.2, 0.25) is 0 Å². The van der Waals surface area contributed by atoms with Crippen molar-refractivity contribution in [2.45, 2.75) is 31.6 Å². The lowest BCUT2D eigenvalue weighted by atomic mass is 9.97. The lowest BCUT2D eigenvalue weighted by Gasteiger charge is -2.31. The predicted molar refractivity (Wildman–Crippen MR) is 123 cm³/mol. The lowest BCUT2D eigenvalue weighted by Crippen LogP contribution is -2.41. The fourth-order valence-corrected chi connectivity index (χ4v) is 5.41. The number of amides is 2. The molecule has 2 N–H and O–H groups in total. The summed E-state index contributed by atoms with van der Waals surface area (Å²) in [4.78, 5) is 36.2. The molecule has 0 atom stereocenters. The number of piperidine rings is 1. The summed E-state index contributed by atoms with van der Waals surface area (Å²) in [6, 6.07) is 11.2. The van der Waals surface area contributed by atoms with Crippen molar-refractivity contribution in [2.24, 2.45) is 5.92 Å².